The highest BCUT2D eigenvalue weighted by molar-refractivity contribution is 7.91. The summed E-state index contributed by atoms with van der Waals surface area (Å²) in [5, 5.41) is 3.78. The van der Waals surface area contributed by atoms with Crippen LogP contribution in [0.3, 0.4) is 0 Å². The van der Waals surface area contributed by atoms with E-state index in [0.29, 0.717) is 5.56 Å². The number of aromatic nitrogens is 6. The first-order valence-corrected chi connectivity index (χ1v) is 11.7. The molecular formula is C20H19F3N6O4S. The highest BCUT2D eigenvalue weighted by Gasteiger charge is 2.34. The molecule has 0 amide bonds. The molecule has 0 fully saturated rings. The third-order valence-electron chi connectivity index (χ3n) is 5.22. The van der Waals surface area contributed by atoms with Crippen LogP contribution in [-0.4, -0.2) is 55.9 Å². The van der Waals surface area contributed by atoms with Crippen LogP contribution in [0.2, 0.25) is 0 Å². The first kappa shape index (κ1) is 23.6. The maximum atomic E-state index is 13.1. The van der Waals surface area contributed by atoms with E-state index in [4.69, 9.17) is 4.74 Å². The largest absolute Gasteiger partial charge is 0.461 e. The molecule has 4 aromatic heterocycles. The summed E-state index contributed by atoms with van der Waals surface area (Å²) in [6.07, 6.45) is -2.31. The number of pyridine rings is 1. The molecule has 0 N–H and O–H groups in total. The van der Waals surface area contributed by atoms with Crippen LogP contribution in [0, 0.1) is 6.92 Å². The van der Waals surface area contributed by atoms with Gasteiger partial charge in [-0.25, -0.2) is 32.7 Å². The second kappa shape index (κ2) is 8.04. The van der Waals surface area contributed by atoms with Crippen LogP contribution in [0.5, 0.6) is 0 Å². The number of carbonyl (C=O) groups is 1. The third-order valence-corrected chi connectivity index (χ3v) is 6.85. The molecule has 4 rings (SSSR count). The van der Waals surface area contributed by atoms with Crippen LogP contribution in [0.25, 0.3) is 28.1 Å². The Kier molecular flexibility index (Phi) is 5.58. The number of rotatable bonds is 5. The average Bonchev–Trinajstić information content (AvgIpc) is 3.31. The molecule has 0 aliphatic rings. The maximum absolute atomic E-state index is 13.1. The van der Waals surface area contributed by atoms with Crippen molar-refractivity contribution in [3.05, 3.63) is 35.4 Å². The number of hydrogen-bond donors (Lipinski definition) is 0. The number of ether oxygens (including phenoxy) is 1. The number of carbonyl (C=O) groups excluding carboxylic acids is 1. The highest BCUT2D eigenvalue weighted by atomic mass is 32.2. The Morgan fingerprint density at radius 1 is 1.18 bits per heavy atom. The van der Waals surface area contributed by atoms with Crippen molar-refractivity contribution in [2.45, 2.75) is 32.0 Å². The zero-order valence-corrected chi connectivity index (χ0v) is 19.3. The summed E-state index contributed by atoms with van der Waals surface area (Å²) in [6.45, 7) is 4.71. The quantitative estimate of drug-likeness (QED) is 0.387. The lowest BCUT2D eigenvalue weighted by atomic mass is 10.2. The first-order valence-electron chi connectivity index (χ1n) is 10.1. The van der Waals surface area contributed by atoms with Crippen molar-refractivity contribution in [3.8, 4) is 11.4 Å². The van der Waals surface area contributed by atoms with Gasteiger partial charge in [0, 0.05) is 18.8 Å². The minimum Gasteiger partial charge on any atom is -0.461 e. The van der Waals surface area contributed by atoms with Crippen molar-refractivity contribution >= 4 is 32.5 Å². The fraction of sp³-hybridized carbons (Fsp3) is 0.350. The molecule has 0 spiro atoms. The zero-order valence-electron chi connectivity index (χ0n) is 18.5. The van der Waals surface area contributed by atoms with Gasteiger partial charge in [0.2, 0.25) is 0 Å². The van der Waals surface area contributed by atoms with Crippen molar-refractivity contribution < 1.29 is 31.1 Å². The number of imidazole rings is 1. The summed E-state index contributed by atoms with van der Waals surface area (Å²) in [6, 6.07) is 0.778. The zero-order chi connectivity index (χ0) is 25.0. The molecule has 0 atom stereocenters. The summed E-state index contributed by atoms with van der Waals surface area (Å²) >= 11 is 0. The van der Waals surface area contributed by atoms with Crippen molar-refractivity contribution in [1.82, 2.24) is 29.1 Å². The Balaban J connectivity index is 2.10. The molecule has 4 heterocycles. The number of esters is 1. The van der Waals surface area contributed by atoms with Gasteiger partial charge in [0.15, 0.2) is 26.2 Å². The lowest BCUT2D eigenvalue weighted by molar-refractivity contribution is -0.141. The minimum absolute atomic E-state index is 0.00399. The predicted molar refractivity (Wildman–Crippen MR) is 114 cm³/mol. The maximum Gasteiger partial charge on any atom is 0.433 e. The van der Waals surface area contributed by atoms with E-state index < -0.39 is 32.7 Å². The summed E-state index contributed by atoms with van der Waals surface area (Å²) < 4.78 is 72.9. The molecule has 0 saturated heterocycles. The van der Waals surface area contributed by atoms with Gasteiger partial charge in [0.05, 0.1) is 29.6 Å². The van der Waals surface area contributed by atoms with E-state index in [1.165, 1.54) is 24.7 Å². The molecule has 0 radical (unpaired) electrons. The standard InChI is InChI=1S/C20H19F3N6O4S/c1-5-33-19(30)15-10(3)8-25-16-14(18(27-29(15)16)34(31,32)6-2)17-26-11-7-13(20(21,22)23)24-9-12(11)28(17)4/h7-9H,5-6H2,1-4H3. The molecule has 0 aliphatic heterocycles. The van der Waals surface area contributed by atoms with Gasteiger partial charge in [-0.2, -0.15) is 18.3 Å². The fourth-order valence-electron chi connectivity index (χ4n) is 3.52. The summed E-state index contributed by atoms with van der Waals surface area (Å²) in [7, 11) is -2.46. The van der Waals surface area contributed by atoms with E-state index >= 15 is 0 Å². The van der Waals surface area contributed by atoms with Crippen LogP contribution in [0.1, 0.15) is 35.6 Å². The van der Waals surface area contributed by atoms with Crippen molar-refractivity contribution in [2.75, 3.05) is 12.4 Å². The van der Waals surface area contributed by atoms with Crippen LogP contribution in [0.4, 0.5) is 13.2 Å². The molecule has 0 aromatic carbocycles. The fourth-order valence-corrected chi connectivity index (χ4v) is 4.49. The molecule has 180 valence electrons. The number of alkyl halides is 3. The number of halogens is 3. The molecule has 10 nitrogen and oxygen atoms in total. The topological polar surface area (TPSA) is 121 Å². The number of fused-ring (bicyclic) bond motifs is 2. The Morgan fingerprint density at radius 2 is 1.88 bits per heavy atom. The van der Waals surface area contributed by atoms with Gasteiger partial charge in [-0.1, -0.05) is 6.92 Å². The smallest absolute Gasteiger partial charge is 0.433 e. The molecule has 0 aliphatic carbocycles. The van der Waals surface area contributed by atoms with E-state index in [9.17, 15) is 26.4 Å². The van der Waals surface area contributed by atoms with Gasteiger partial charge in [-0.3, -0.25) is 0 Å². The lowest BCUT2D eigenvalue weighted by Gasteiger charge is -2.07. The van der Waals surface area contributed by atoms with Crippen LogP contribution in [-0.2, 0) is 27.8 Å². The highest BCUT2D eigenvalue weighted by Crippen LogP contribution is 2.35. The number of aryl methyl sites for hydroxylation is 2. The molecule has 4 aromatic rings. The van der Waals surface area contributed by atoms with Gasteiger partial charge in [0.1, 0.15) is 17.1 Å². The average molecular weight is 496 g/mol. The SMILES string of the molecule is CCOC(=O)c1c(C)cnc2c(-c3nc4cc(C(F)(F)F)ncc4n3C)c(S(=O)(=O)CC)nn12. The number of sulfone groups is 1. The third kappa shape index (κ3) is 3.67. The molecule has 14 heteroatoms. The summed E-state index contributed by atoms with van der Waals surface area (Å²) in [4.78, 5) is 24.6. The van der Waals surface area contributed by atoms with Crippen molar-refractivity contribution in [2.24, 2.45) is 7.05 Å². The molecule has 0 unspecified atom stereocenters. The van der Waals surface area contributed by atoms with E-state index in [0.717, 1.165) is 16.8 Å². The van der Waals surface area contributed by atoms with Crippen LogP contribution in [0.15, 0.2) is 23.5 Å². The lowest BCUT2D eigenvalue weighted by Crippen LogP contribution is -2.14. The Morgan fingerprint density at radius 3 is 2.50 bits per heavy atom. The predicted octanol–water partition coefficient (Wildman–Crippen LogP) is 2.98. The summed E-state index contributed by atoms with van der Waals surface area (Å²) in [5.41, 5.74) is -0.626. The van der Waals surface area contributed by atoms with Gasteiger partial charge in [-0.05, 0) is 19.9 Å². The van der Waals surface area contributed by atoms with E-state index in [2.05, 4.69) is 20.1 Å². The van der Waals surface area contributed by atoms with Crippen molar-refractivity contribution in [1.29, 1.82) is 0 Å². The number of nitrogens with zero attached hydrogens (tertiary/aromatic N) is 6. The monoisotopic (exact) mass is 496 g/mol. The van der Waals surface area contributed by atoms with Crippen LogP contribution >= 0.6 is 0 Å². The second-order valence-electron chi connectivity index (χ2n) is 7.38. The van der Waals surface area contributed by atoms with E-state index in [1.807, 2.05) is 0 Å². The van der Waals surface area contributed by atoms with Gasteiger partial charge >= 0.3 is 12.1 Å². The molecule has 0 bridgehead atoms. The van der Waals surface area contributed by atoms with E-state index in [1.54, 1.807) is 13.8 Å². The van der Waals surface area contributed by atoms with Crippen LogP contribution < -0.4 is 0 Å². The Labute approximate surface area is 191 Å². The normalized spacial score (nSPS) is 12.6. The van der Waals surface area contributed by atoms with Gasteiger partial charge in [0.25, 0.3) is 0 Å². The second-order valence-corrected chi connectivity index (χ2v) is 9.57. The number of hydrogen-bond acceptors (Lipinski definition) is 8. The van der Waals surface area contributed by atoms with Gasteiger partial charge < -0.3 is 9.30 Å². The molecular weight excluding hydrogens is 477 g/mol. The van der Waals surface area contributed by atoms with Gasteiger partial charge in [-0.15, -0.1) is 0 Å². The molecule has 34 heavy (non-hydrogen) atoms. The summed E-state index contributed by atoms with van der Waals surface area (Å²) in [5.74, 6) is -1.04. The first-order chi connectivity index (χ1) is 15.9. The minimum atomic E-state index is -4.68. The van der Waals surface area contributed by atoms with E-state index in [-0.39, 0.29) is 46.1 Å². The Bertz CT molecular complexity index is 1560. The molecule has 0 saturated carbocycles. The Hall–Kier alpha value is -3.55. The van der Waals surface area contributed by atoms with Crippen molar-refractivity contribution in [3.63, 3.8) is 0 Å².